The standard InChI is InChI=1S/C13H19NO2/c15-13(6-8-14-9-7-13)11-16-10-12-4-2-1-3-5-12/h1-5,14-15H,6-11H2. The minimum Gasteiger partial charge on any atom is -0.387 e. The number of hydrogen-bond donors (Lipinski definition) is 2. The molecule has 0 unspecified atom stereocenters. The maximum atomic E-state index is 10.2. The van der Waals surface area contributed by atoms with E-state index in [2.05, 4.69) is 5.32 Å². The van der Waals surface area contributed by atoms with Gasteiger partial charge in [-0.05, 0) is 31.5 Å². The highest BCUT2D eigenvalue weighted by Crippen LogP contribution is 2.18. The number of ether oxygens (including phenoxy) is 1. The molecule has 1 aliphatic heterocycles. The summed E-state index contributed by atoms with van der Waals surface area (Å²) >= 11 is 0. The van der Waals surface area contributed by atoms with Crippen LogP contribution in [0.5, 0.6) is 0 Å². The molecule has 0 saturated carbocycles. The Kier molecular flexibility index (Phi) is 3.93. The SMILES string of the molecule is OC1(COCc2ccccc2)CCNCC1. The van der Waals surface area contributed by atoms with Gasteiger partial charge in [0.15, 0.2) is 0 Å². The first-order valence-corrected chi connectivity index (χ1v) is 5.83. The molecule has 1 aromatic carbocycles. The predicted octanol–water partition coefficient (Wildman–Crippen LogP) is 1.32. The second kappa shape index (κ2) is 5.43. The minimum atomic E-state index is -0.625. The first kappa shape index (κ1) is 11.6. The molecule has 1 heterocycles. The number of hydrogen-bond acceptors (Lipinski definition) is 3. The molecule has 1 fully saturated rings. The molecule has 0 amide bonds. The third-order valence-electron chi connectivity index (χ3n) is 3.02. The van der Waals surface area contributed by atoms with Gasteiger partial charge in [0.1, 0.15) is 0 Å². The number of nitrogens with one attached hydrogen (secondary N) is 1. The van der Waals surface area contributed by atoms with Crippen molar-refractivity contribution in [3.8, 4) is 0 Å². The van der Waals surface area contributed by atoms with Crippen molar-refractivity contribution in [1.82, 2.24) is 5.32 Å². The first-order valence-electron chi connectivity index (χ1n) is 5.83. The van der Waals surface area contributed by atoms with E-state index in [1.54, 1.807) is 0 Å². The van der Waals surface area contributed by atoms with E-state index in [1.807, 2.05) is 30.3 Å². The molecule has 1 saturated heterocycles. The normalized spacial score (nSPS) is 19.6. The zero-order valence-corrected chi connectivity index (χ0v) is 9.48. The summed E-state index contributed by atoms with van der Waals surface area (Å²) in [6, 6.07) is 10.1. The van der Waals surface area contributed by atoms with Crippen molar-refractivity contribution >= 4 is 0 Å². The summed E-state index contributed by atoms with van der Waals surface area (Å²) in [6.45, 7) is 2.77. The van der Waals surface area contributed by atoms with Gasteiger partial charge in [0.2, 0.25) is 0 Å². The van der Waals surface area contributed by atoms with E-state index in [1.165, 1.54) is 0 Å². The van der Waals surface area contributed by atoms with E-state index < -0.39 is 5.60 Å². The Hall–Kier alpha value is -0.900. The second-order valence-corrected chi connectivity index (χ2v) is 4.45. The lowest BCUT2D eigenvalue weighted by Gasteiger charge is -2.32. The molecule has 0 atom stereocenters. The quantitative estimate of drug-likeness (QED) is 0.805. The number of aliphatic hydroxyl groups is 1. The molecule has 0 radical (unpaired) electrons. The first-order chi connectivity index (χ1) is 7.79. The zero-order chi connectivity index (χ0) is 11.3. The van der Waals surface area contributed by atoms with Gasteiger partial charge in [-0.15, -0.1) is 0 Å². The molecular weight excluding hydrogens is 202 g/mol. The Morgan fingerprint density at radius 2 is 1.88 bits per heavy atom. The fourth-order valence-electron chi connectivity index (χ4n) is 1.97. The number of piperidine rings is 1. The van der Waals surface area contributed by atoms with Crippen molar-refractivity contribution in [2.24, 2.45) is 0 Å². The van der Waals surface area contributed by atoms with E-state index in [-0.39, 0.29) is 0 Å². The van der Waals surface area contributed by atoms with E-state index in [4.69, 9.17) is 4.74 Å². The lowest BCUT2D eigenvalue weighted by Crippen LogP contribution is -2.45. The smallest absolute Gasteiger partial charge is 0.0904 e. The number of rotatable bonds is 4. The van der Waals surface area contributed by atoms with Crippen molar-refractivity contribution in [2.45, 2.75) is 25.0 Å². The summed E-state index contributed by atoms with van der Waals surface area (Å²) in [5.41, 5.74) is 0.528. The molecule has 0 aromatic heterocycles. The van der Waals surface area contributed by atoms with Gasteiger partial charge in [-0.1, -0.05) is 30.3 Å². The predicted molar refractivity (Wildman–Crippen MR) is 63.2 cm³/mol. The van der Waals surface area contributed by atoms with Gasteiger partial charge in [0, 0.05) is 0 Å². The summed E-state index contributed by atoms with van der Waals surface area (Å²) in [6.07, 6.45) is 1.56. The molecule has 1 aliphatic rings. The van der Waals surface area contributed by atoms with Gasteiger partial charge >= 0.3 is 0 Å². The van der Waals surface area contributed by atoms with E-state index in [0.717, 1.165) is 31.5 Å². The molecule has 0 aliphatic carbocycles. The van der Waals surface area contributed by atoms with Crippen LogP contribution in [0.1, 0.15) is 18.4 Å². The summed E-state index contributed by atoms with van der Waals surface area (Å²) in [7, 11) is 0. The van der Waals surface area contributed by atoms with Crippen LogP contribution in [-0.4, -0.2) is 30.4 Å². The van der Waals surface area contributed by atoms with Gasteiger partial charge in [-0.25, -0.2) is 0 Å². The molecular formula is C13H19NO2. The van der Waals surface area contributed by atoms with Gasteiger partial charge in [0.25, 0.3) is 0 Å². The van der Waals surface area contributed by atoms with Crippen molar-refractivity contribution < 1.29 is 9.84 Å². The highest BCUT2D eigenvalue weighted by Gasteiger charge is 2.29. The monoisotopic (exact) mass is 221 g/mol. The van der Waals surface area contributed by atoms with E-state index in [9.17, 15) is 5.11 Å². The molecule has 3 nitrogen and oxygen atoms in total. The van der Waals surface area contributed by atoms with Crippen molar-refractivity contribution in [3.63, 3.8) is 0 Å². The summed E-state index contributed by atoms with van der Waals surface area (Å²) in [5.74, 6) is 0. The van der Waals surface area contributed by atoms with E-state index in [0.29, 0.717) is 13.2 Å². The van der Waals surface area contributed by atoms with Crippen LogP contribution in [0.25, 0.3) is 0 Å². The average Bonchev–Trinajstić information content (AvgIpc) is 2.31. The van der Waals surface area contributed by atoms with Gasteiger partial charge in [0.05, 0.1) is 18.8 Å². The van der Waals surface area contributed by atoms with Crippen LogP contribution in [0, 0.1) is 0 Å². The fourth-order valence-corrected chi connectivity index (χ4v) is 1.97. The molecule has 3 heteroatoms. The topological polar surface area (TPSA) is 41.5 Å². The minimum absolute atomic E-state index is 0.434. The Morgan fingerprint density at radius 1 is 1.19 bits per heavy atom. The second-order valence-electron chi connectivity index (χ2n) is 4.45. The zero-order valence-electron chi connectivity index (χ0n) is 9.48. The number of benzene rings is 1. The van der Waals surface area contributed by atoms with Gasteiger partial charge in [-0.3, -0.25) is 0 Å². The third-order valence-corrected chi connectivity index (χ3v) is 3.02. The van der Waals surface area contributed by atoms with Crippen LogP contribution in [0.4, 0.5) is 0 Å². The van der Waals surface area contributed by atoms with Crippen LogP contribution in [0.15, 0.2) is 30.3 Å². The molecule has 2 N–H and O–H groups in total. The Bertz CT molecular complexity index is 307. The Morgan fingerprint density at radius 3 is 2.56 bits per heavy atom. The van der Waals surface area contributed by atoms with Crippen LogP contribution >= 0.6 is 0 Å². The summed E-state index contributed by atoms with van der Waals surface area (Å²) < 4.78 is 5.58. The maximum Gasteiger partial charge on any atom is 0.0904 e. The van der Waals surface area contributed by atoms with Gasteiger partial charge in [-0.2, -0.15) is 0 Å². The molecule has 0 spiro atoms. The Balaban J connectivity index is 1.75. The maximum absolute atomic E-state index is 10.2. The third kappa shape index (κ3) is 3.30. The van der Waals surface area contributed by atoms with Crippen molar-refractivity contribution in [2.75, 3.05) is 19.7 Å². The summed E-state index contributed by atoms with van der Waals surface area (Å²) in [4.78, 5) is 0. The lowest BCUT2D eigenvalue weighted by atomic mass is 9.94. The van der Waals surface area contributed by atoms with Crippen molar-refractivity contribution in [3.05, 3.63) is 35.9 Å². The Labute approximate surface area is 96.4 Å². The molecule has 0 bridgehead atoms. The average molecular weight is 221 g/mol. The van der Waals surface area contributed by atoms with Gasteiger partial charge < -0.3 is 15.2 Å². The molecule has 2 rings (SSSR count). The van der Waals surface area contributed by atoms with Crippen LogP contribution in [0.3, 0.4) is 0 Å². The highest BCUT2D eigenvalue weighted by molar-refractivity contribution is 5.13. The van der Waals surface area contributed by atoms with E-state index >= 15 is 0 Å². The van der Waals surface area contributed by atoms with Crippen molar-refractivity contribution in [1.29, 1.82) is 0 Å². The molecule has 16 heavy (non-hydrogen) atoms. The molecule has 1 aromatic rings. The van der Waals surface area contributed by atoms with Crippen LogP contribution < -0.4 is 5.32 Å². The lowest BCUT2D eigenvalue weighted by molar-refractivity contribution is -0.0687. The fraction of sp³-hybridized carbons (Fsp3) is 0.538. The van der Waals surface area contributed by atoms with Crippen LogP contribution in [-0.2, 0) is 11.3 Å². The highest BCUT2D eigenvalue weighted by atomic mass is 16.5. The molecule has 88 valence electrons. The largest absolute Gasteiger partial charge is 0.387 e. The van der Waals surface area contributed by atoms with Crippen LogP contribution in [0.2, 0.25) is 0 Å². The summed E-state index contributed by atoms with van der Waals surface area (Å²) in [5, 5.41) is 13.4.